The van der Waals surface area contributed by atoms with E-state index >= 15 is 0 Å². The molecule has 0 saturated carbocycles. The number of unbranched alkanes of at least 4 members (excludes halogenated alkanes) is 6. The summed E-state index contributed by atoms with van der Waals surface area (Å²) in [5.41, 5.74) is 0. The van der Waals surface area contributed by atoms with E-state index in [1.807, 2.05) is 6.61 Å². The van der Waals surface area contributed by atoms with Gasteiger partial charge in [-0.05, 0) is 12.8 Å². The van der Waals surface area contributed by atoms with Crippen molar-refractivity contribution in [1.29, 1.82) is 0 Å². The fourth-order valence-corrected chi connectivity index (χ4v) is 1.18. The van der Waals surface area contributed by atoms with Gasteiger partial charge in [0, 0.05) is 6.61 Å². The standard InChI is InChI=1S/C12H24O/c1-3-5-7-9-11-13-12-10-8-6-4-2/h11H,1,3-10,12H2,2H3. The molecule has 78 valence electrons. The van der Waals surface area contributed by atoms with E-state index in [9.17, 15) is 0 Å². The molecular weight excluding hydrogens is 160 g/mol. The second-order valence-electron chi connectivity index (χ2n) is 3.45. The van der Waals surface area contributed by atoms with E-state index in [2.05, 4.69) is 13.8 Å². The van der Waals surface area contributed by atoms with Crippen LogP contribution in [-0.4, -0.2) is 6.61 Å². The Morgan fingerprint density at radius 3 is 2.62 bits per heavy atom. The summed E-state index contributed by atoms with van der Waals surface area (Å²) in [6.07, 6.45) is 9.72. The quantitative estimate of drug-likeness (QED) is 0.464. The van der Waals surface area contributed by atoms with Gasteiger partial charge in [-0.25, -0.2) is 0 Å². The van der Waals surface area contributed by atoms with Crippen molar-refractivity contribution in [2.45, 2.75) is 58.3 Å². The summed E-state index contributed by atoms with van der Waals surface area (Å²) in [5, 5.41) is 0. The van der Waals surface area contributed by atoms with Gasteiger partial charge in [-0.15, -0.1) is 0 Å². The Morgan fingerprint density at radius 2 is 1.92 bits per heavy atom. The van der Waals surface area contributed by atoms with E-state index in [4.69, 9.17) is 4.74 Å². The molecule has 0 aliphatic heterocycles. The van der Waals surface area contributed by atoms with Gasteiger partial charge >= 0.3 is 0 Å². The Balaban J connectivity index is 2.76. The number of ether oxygens (including phenoxy) is 1. The molecule has 0 spiro atoms. The molecule has 2 radical (unpaired) electrons. The lowest BCUT2D eigenvalue weighted by Gasteiger charge is -2.02. The first-order valence-electron chi connectivity index (χ1n) is 5.64. The Bertz CT molecular complexity index is 71.2. The van der Waals surface area contributed by atoms with Gasteiger partial charge in [0.1, 0.15) is 0 Å². The van der Waals surface area contributed by atoms with E-state index < -0.39 is 0 Å². The molecule has 0 aromatic heterocycles. The van der Waals surface area contributed by atoms with Gasteiger partial charge in [0.2, 0.25) is 0 Å². The second kappa shape index (κ2) is 12.0. The number of hydrogen-bond acceptors (Lipinski definition) is 1. The van der Waals surface area contributed by atoms with Crippen molar-refractivity contribution in [2.24, 2.45) is 0 Å². The third kappa shape index (κ3) is 12.0. The molecule has 0 fully saturated rings. The van der Waals surface area contributed by atoms with Crippen LogP contribution in [0.5, 0.6) is 0 Å². The summed E-state index contributed by atoms with van der Waals surface area (Å²) in [7, 11) is 0. The first kappa shape index (κ1) is 13.0. The molecule has 0 amide bonds. The van der Waals surface area contributed by atoms with Crippen molar-refractivity contribution in [3.05, 3.63) is 13.5 Å². The van der Waals surface area contributed by atoms with Gasteiger partial charge in [-0.3, -0.25) is 0 Å². The maximum Gasteiger partial charge on any atom is 0.0836 e. The van der Waals surface area contributed by atoms with Crippen LogP contribution in [0.25, 0.3) is 0 Å². The Labute approximate surface area is 83.9 Å². The lowest BCUT2D eigenvalue weighted by atomic mass is 10.2. The van der Waals surface area contributed by atoms with Gasteiger partial charge in [0.05, 0.1) is 6.61 Å². The lowest BCUT2D eigenvalue weighted by Crippen LogP contribution is -1.92. The van der Waals surface area contributed by atoms with Gasteiger partial charge in [-0.1, -0.05) is 52.4 Å². The minimum Gasteiger partial charge on any atom is -0.376 e. The molecule has 0 unspecified atom stereocenters. The van der Waals surface area contributed by atoms with Gasteiger partial charge < -0.3 is 4.74 Å². The van der Waals surface area contributed by atoms with Gasteiger partial charge in [0.25, 0.3) is 0 Å². The third-order valence-corrected chi connectivity index (χ3v) is 2.06. The van der Waals surface area contributed by atoms with Crippen LogP contribution in [0.3, 0.4) is 0 Å². The Hall–Kier alpha value is -0.0400. The lowest BCUT2D eigenvalue weighted by molar-refractivity contribution is 0.184. The monoisotopic (exact) mass is 184 g/mol. The Morgan fingerprint density at radius 1 is 1.08 bits per heavy atom. The molecule has 0 heterocycles. The SMILES string of the molecule is [CH2]CCCC[CH]OCCCCCC. The maximum atomic E-state index is 5.38. The third-order valence-electron chi connectivity index (χ3n) is 2.06. The molecule has 1 heteroatoms. The number of hydrogen-bond donors (Lipinski definition) is 0. The van der Waals surface area contributed by atoms with Crippen molar-refractivity contribution in [3.8, 4) is 0 Å². The van der Waals surface area contributed by atoms with Crippen LogP contribution < -0.4 is 0 Å². The van der Waals surface area contributed by atoms with E-state index in [0.717, 1.165) is 19.4 Å². The summed E-state index contributed by atoms with van der Waals surface area (Å²) >= 11 is 0. The average Bonchev–Trinajstić information content (AvgIpc) is 2.16. The fourth-order valence-electron chi connectivity index (χ4n) is 1.18. The van der Waals surface area contributed by atoms with Crippen LogP contribution in [-0.2, 0) is 4.74 Å². The van der Waals surface area contributed by atoms with Crippen molar-refractivity contribution >= 4 is 0 Å². The highest BCUT2D eigenvalue weighted by Gasteiger charge is 1.90. The average molecular weight is 184 g/mol. The summed E-state index contributed by atoms with van der Waals surface area (Å²) < 4.78 is 5.38. The van der Waals surface area contributed by atoms with Crippen molar-refractivity contribution < 1.29 is 4.74 Å². The van der Waals surface area contributed by atoms with Gasteiger partial charge in [0.15, 0.2) is 0 Å². The molecule has 0 aliphatic rings. The molecule has 0 aliphatic carbocycles. The van der Waals surface area contributed by atoms with Crippen LogP contribution in [0.15, 0.2) is 0 Å². The van der Waals surface area contributed by atoms with Crippen LogP contribution in [0.2, 0.25) is 0 Å². The maximum absolute atomic E-state index is 5.38. The molecule has 0 atom stereocenters. The van der Waals surface area contributed by atoms with Crippen molar-refractivity contribution in [3.63, 3.8) is 0 Å². The largest absolute Gasteiger partial charge is 0.376 e. The molecule has 0 aromatic rings. The predicted molar refractivity (Wildman–Crippen MR) is 58.2 cm³/mol. The first-order chi connectivity index (χ1) is 6.41. The van der Waals surface area contributed by atoms with Crippen LogP contribution in [0.4, 0.5) is 0 Å². The second-order valence-corrected chi connectivity index (χ2v) is 3.45. The van der Waals surface area contributed by atoms with E-state index in [1.165, 1.54) is 38.5 Å². The normalized spacial score (nSPS) is 10.6. The summed E-state index contributed by atoms with van der Waals surface area (Å²) in [6, 6.07) is 0. The zero-order valence-corrected chi connectivity index (χ0v) is 9.06. The van der Waals surface area contributed by atoms with E-state index in [0.29, 0.717) is 0 Å². The first-order valence-corrected chi connectivity index (χ1v) is 5.64. The zero-order chi connectivity index (χ0) is 9.78. The summed E-state index contributed by atoms with van der Waals surface area (Å²) in [4.78, 5) is 0. The molecular formula is C12H24O. The molecule has 0 rings (SSSR count). The molecule has 13 heavy (non-hydrogen) atoms. The topological polar surface area (TPSA) is 9.23 Å². The van der Waals surface area contributed by atoms with Crippen LogP contribution >= 0.6 is 0 Å². The van der Waals surface area contributed by atoms with Crippen molar-refractivity contribution in [1.82, 2.24) is 0 Å². The molecule has 0 saturated heterocycles. The Kier molecular flexibility index (Phi) is 11.9. The summed E-state index contributed by atoms with van der Waals surface area (Å²) in [5.74, 6) is 0. The highest BCUT2D eigenvalue weighted by atomic mass is 16.5. The van der Waals surface area contributed by atoms with Crippen LogP contribution in [0, 0.1) is 13.5 Å². The van der Waals surface area contributed by atoms with Crippen LogP contribution in [0.1, 0.15) is 58.3 Å². The van der Waals surface area contributed by atoms with Crippen molar-refractivity contribution in [2.75, 3.05) is 6.61 Å². The zero-order valence-electron chi connectivity index (χ0n) is 9.06. The number of rotatable bonds is 10. The minimum absolute atomic E-state index is 0.907. The molecule has 1 nitrogen and oxygen atoms in total. The minimum atomic E-state index is 0.907. The van der Waals surface area contributed by atoms with E-state index in [-0.39, 0.29) is 0 Å². The highest BCUT2D eigenvalue weighted by molar-refractivity contribution is 4.52. The molecule has 0 aromatic carbocycles. The molecule has 0 bridgehead atoms. The van der Waals surface area contributed by atoms with E-state index in [1.54, 1.807) is 0 Å². The highest BCUT2D eigenvalue weighted by Crippen LogP contribution is 2.04. The summed E-state index contributed by atoms with van der Waals surface area (Å²) in [6.45, 7) is 8.89. The predicted octanol–water partition coefficient (Wildman–Crippen LogP) is 4.14. The molecule has 0 N–H and O–H groups in total. The fraction of sp³-hybridized carbons (Fsp3) is 0.833. The van der Waals surface area contributed by atoms with Gasteiger partial charge in [-0.2, -0.15) is 0 Å². The smallest absolute Gasteiger partial charge is 0.0836 e.